The molecule has 12 aliphatic carbocycles. The maximum Gasteiger partial charge on any atom is 0.300 e. The fourth-order valence-electron chi connectivity index (χ4n) is 16.7. The molecule has 14 rings (SSSR count). The minimum absolute atomic E-state index is 0.0699. The third-order valence-corrected chi connectivity index (χ3v) is 18.1. The van der Waals surface area contributed by atoms with E-state index in [-0.39, 0.29) is 16.2 Å². The summed E-state index contributed by atoms with van der Waals surface area (Å²) in [6.45, 7) is 0. The minimum atomic E-state index is -5.61. The molecule has 53 heavy (non-hydrogen) atoms. The fraction of sp³-hybridized carbons (Fsp3) is 0.705. The first-order chi connectivity index (χ1) is 25.2. The van der Waals surface area contributed by atoms with Crippen LogP contribution in [0.5, 0.6) is 0 Å². The fourth-order valence-corrected chi connectivity index (χ4v) is 17.4. The second kappa shape index (κ2) is 11.2. The Balaban J connectivity index is 1.14. The van der Waals surface area contributed by atoms with E-state index < -0.39 is 56.1 Å². The largest absolute Gasteiger partial charge is 0.300 e. The number of ketones is 1. The standard InChI is InChI=1S/C44H50F4O4S/c45-37-32(38(46)40(48)41(39(37)47)53(50,51)52)12-35(49)36-33(43-16-25-4-26(17-43)6-27(5-25)18-43)10-31(42-13-22-1-23(14-42)3-24(2-22)15-42)11-34(36)44-19-28-7-29(20-44)9-30(8-28)21-44/h10-11,22-30H,1-9,12-21H2,(H,50,51,52). The highest BCUT2D eigenvalue weighted by Crippen LogP contribution is 2.67. The predicted octanol–water partition coefficient (Wildman–Crippen LogP) is 10.3. The first kappa shape index (κ1) is 34.0. The van der Waals surface area contributed by atoms with Gasteiger partial charge in [0.05, 0.1) is 0 Å². The van der Waals surface area contributed by atoms with Gasteiger partial charge >= 0.3 is 10.1 Å². The average Bonchev–Trinajstić information content (AvgIpc) is 3.06. The van der Waals surface area contributed by atoms with Crippen LogP contribution in [0.3, 0.4) is 0 Å². The second-order valence-electron chi connectivity index (χ2n) is 20.7. The van der Waals surface area contributed by atoms with Gasteiger partial charge in [0.15, 0.2) is 33.9 Å². The molecule has 12 fully saturated rings. The Kier molecular flexibility index (Phi) is 7.19. The van der Waals surface area contributed by atoms with Gasteiger partial charge in [-0.25, -0.2) is 17.6 Å². The summed E-state index contributed by atoms with van der Waals surface area (Å²) in [5.41, 5.74) is 2.55. The van der Waals surface area contributed by atoms with Gasteiger partial charge in [0.25, 0.3) is 0 Å². The summed E-state index contributed by atoms with van der Waals surface area (Å²) >= 11 is 0. The smallest absolute Gasteiger partial charge is 0.294 e. The molecule has 0 saturated heterocycles. The SMILES string of the molecule is O=C(Cc1c(F)c(F)c(S(=O)(=O)O)c(F)c1F)c1c(C23CC4CC(CC(C4)C2)C3)cc(C23CC4CC(CC(C4)C2)C3)cc1C12CC3CC(CC(C3)C1)C2. The Hall–Kier alpha value is -2.26. The molecular formula is C44H50F4O4S. The third kappa shape index (κ3) is 4.99. The average molecular weight is 751 g/mol. The number of rotatable bonds is 7. The van der Waals surface area contributed by atoms with Gasteiger partial charge in [-0.1, -0.05) is 12.1 Å². The summed E-state index contributed by atoms with van der Waals surface area (Å²) < 4.78 is 94.8. The molecule has 0 amide bonds. The first-order valence-corrected chi connectivity index (χ1v) is 22.2. The van der Waals surface area contributed by atoms with Crippen molar-refractivity contribution in [2.75, 3.05) is 0 Å². The van der Waals surface area contributed by atoms with E-state index >= 15 is 22.4 Å². The Morgan fingerprint density at radius 2 is 0.849 bits per heavy atom. The van der Waals surface area contributed by atoms with E-state index in [1.807, 2.05) is 0 Å². The zero-order valence-electron chi connectivity index (χ0n) is 30.4. The Morgan fingerprint density at radius 3 is 1.15 bits per heavy atom. The number of benzene rings is 2. The molecule has 0 atom stereocenters. The van der Waals surface area contributed by atoms with E-state index in [0.717, 1.165) is 67.4 Å². The Bertz CT molecular complexity index is 1870. The molecule has 0 spiro atoms. The van der Waals surface area contributed by atoms with Crippen LogP contribution in [0.25, 0.3) is 0 Å². The topological polar surface area (TPSA) is 71.4 Å². The monoisotopic (exact) mass is 750 g/mol. The van der Waals surface area contributed by atoms with Crippen molar-refractivity contribution in [2.45, 2.75) is 143 Å². The highest BCUT2D eigenvalue weighted by Gasteiger charge is 2.58. The molecule has 12 bridgehead atoms. The molecule has 0 unspecified atom stereocenters. The van der Waals surface area contributed by atoms with Gasteiger partial charge in [0.2, 0.25) is 0 Å². The third-order valence-electron chi connectivity index (χ3n) is 17.2. The number of carbonyl (C=O) groups is 1. The van der Waals surface area contributed by atoms with Crippen LogP contribution < -0.4 is 0 Å². The minimum Gasteiger partial charge on any atom is -0.294 e. The zero-order valence-corrected chi connectivity index (χ0v) is 31.2. The van der Waals surface area contributed by atoms with Crippen molar-refractivity contribution in [2.24, 2.45) is 53.3 Å². The molecule has 0 aliphatic heterocycles. The molecule has 9 heteroatoms. The predicted molar refractivity (Wildman–Crippen MR) is 190 cm³/mol. The van der Waals surface area contributed by atoms with Gasteiger partial charge in [-0.05, 0) is 202 Å². The Morgan fingerprint density at radius 1 is 0.547 bits per heavy atom. The number of carbonyl (C=O) groups excluding carboxylic acids is 1. The van der Waals surface area contributed by atoms with Crippen LogP contribution in [0.1, 0.15) is 148 Å². The van der Waals surface area contributed by atoms with Crippen LogP contribution in [0.15, 0.2) is 17.0 Å². The first-order valence-electron chi connectivity index (χ1n) is 20.7. The van der Waals surface area contributed by atoms with Crippen LogP contribution in [-0.4, -0.2) is 18.8 Å². The molecule has 4 nitrogen and oxygen atoms in total. The van der Waals surface area contributed by atoms with Crippen molar-refractivity contribution in [3.05, 3.63) is 63.2 Å². The summed E-state index contributed by atoms with van der Waals surface area (Å²) in [4.78, 5) is 13.2. The van der Waals surface area contributed by atoms with Crippen LogP contribution >= 0.6 is 0 Å². The van der Waals surface area contributed by atoms with Gasteiger partial charge in [-0.15, -0.1) is 0 Å². The summed E-state index contributed by atoms with van der Waals surface area (Å²) in [5.74, 6) is -3.11. The van der Waals surface area contributed by atoms with E-state index in [4.69, 9.17) is 0 Å². The molecule has 2 aromatic carbocycles. The van der Waals surface area contributed by atoms with Crippen LogP contribution in [0.2, 0.25) is 0 Å². The van der Waals surface area contributed by atoms with E-state index in [1.54, 1.807) is 0 Å². The van der Waals surface area contributed by atoms with Gasteiger partial charge < -0.3 is 0 Å². The summed E-state index contributed by atoms with van der Waals surface area (Å²) in [5, 5.41) is 0. The van der Waals surface area contributed by atoms with Gasteiger partial charge in [-0.2, -0.15) is 8.42 Å². The van der Waals surface area contributed by atoms with Crippen molar-refractivity contribution in [1.82, 2.24) is 0 Å². The van der Waals surface area contributed by atoms with Crippen molar-refractivity contribution >= 4 is 15.9 Å². The number of hydrogen-bond donors (Lipinski definition) is 1. The lowest BCUT2D eigenvalue weighted by atomic mass is 9.44. The molecule has 12 aliphatic rings. The molecule has 1 N–H and O–H groups in total. The Labute approximate surface area is 310 Å². The molecule has 2 aromatic rings. The van der Waals surface area contributed by atoms with E-state index in [1.165, 1.54) is 82.6 Å². The van der Waals surface area contributed by atoms with Crippen LogP contribution in [0, 0.1) is 76.5 Å². The number of hydrogen-bond acceptors (Lipinski definition) is 3. The summed E-state index contributed by atoms with van der Waals surface area (Å²) in [6, 6.07) is 4.79. The highest BCUT2D eigenvalue weighted by atomic mass is 32.2. The van der Waals surface area contributed by atoms with E-state index in [0.29, 0.717) is 41.1 Å². The van der Waals surface area contributed by atoms with Gasteiger partial charge in [0, 0.05) is 17.5 Å². The zero-order chi connectivity index (χ0) is 36.4. The quantitative estimate of drug-likeness (QED) is 0.132. The highest BCUT2D eigenvalue weighted by molar-refractivity contribution is 7.85. The van der Waals surface area contributed by atoms with E-state index in [9.17, 15) is 13.0 Å². The van der Waals surface area contributed by atoms with Crippen molar-refractivity contribution < 1.29 is 35.3 Å². The van der Waals surface area contributed by atoms with Crippen molar-refractivity contribution in [3.63, 3.8) is 0 Å². The number of halogens is 4. The van der Waals surface area contributed by atoms with Crippen molar-refractivity contribution in [3.8, 4) is 0 Å². The van der Waals surface area contributed by atoms with Gasteiger partial charge in [-0.3, -0.25) is 9.35 Å². The lowest BCUT2D eigenvalue weighted by Gasteiger charge is -2.60. The molecule has 12 saturated carbocycles. The lowest BCUT2D eigenvalue weighted by molar-refractivity contribution is -0.0121. The molecule has 0 aromatic heterocycles. The molecule has 0 heterocycles. The second-order valence-corrected chi connectivity index (χ2v) is 22.0. The van der Waals surface area contributed by atoms with E-state index in [2.05, 4.69) is 12.1 Å². The normalized spacial score (nSPS) is 42.9. The number of Topliss-reactive ketones (excluding diaryl/α,β-unsaturated/α-hetero) is 1. The van der Waals surface area contributed by atoms with Crippen LogP contribution in [-0.2, 0) is 32.8 Å². The lowest BCUT2D eigenvalue weighted by Crippen LogP contribution is -2.52. The maximum atomic E-state index is 15.7. The summed E-state index contributed by atoms with van der Waals surface area (Å²) in [6.07, 6.45) is 19.9. The molecule has 0 radical (unpaired) electrons. The van der Waals surface area contributed by atoms with Crippen LogP contribution in [0.4, 0.5) is 17.6 Å². The maximum absolute atomic E-state index is 15.7. The molecule has 284 valence electrons. The molecular weight excluding hydrogens is 701 g/mol. The van der Waals surface area contributed by atoms with Crippen molar-refractivity contribution in [1.29, 1.82) is 0 Å². The van der Waals surface area contributed by atoms with Gasteiger partial charge in [0.1, 0.15) is 0 Å². The summed E-state index contributed by atoms with van der Waals surface area (Å²) in [7, 11) is -5.61.